The summed E-state index contributed by atoms with van der Waals surface area (Å²) in [6, 6.07) is 57.1. The van der Waals surface area contributed by atoms with Gasteiger partial charge in [-0.25, -0.2) is 29.9 Å². The summed E-state index contributed by atoms with van der Waals surface area (Å²) in [5.41, 5.74) is 21.8. The molecule has 2 N–H and O–H groups in total. The number of phenols is 2. The summed E-state index contributed by atoms with van der Waals surface area (Å²) >= 11 is 0. The fourth-order valence-electron chi connectivity index (χ4n) is 13.9. The molecule has 5 aromatic heterocycles. The topological polar surface area (TPSA) is 153 Å². The van der Waals surface area contributed by atoms with Gasteiger partial charge in [0.25, 0.3) is 0 Å². The molecule has 0 aliphatic carbocycles. The molecule has 0 bridgehead atoms. The van der Waals surface area contributed by atoms with Crippen LogP contribution in [0.25, 0.3) is 124 Å². The fraction of sp³-hybridized carbons (Fsp3) is 0.340. The number of imidazole rings is 2. The number of phenolic OH excluding ortho intramolecular Hbond substituents is 2. The summed E-state index contributed by atoms with van der Waals surface area (Å²) in [4.78, 5) is 40.0. The van der Waals surface area contributed by atoms with E-state index in [1.54, 1.807) is 31.4 Å². The van der Waals surface area contributed by atoms with Gasteiger partial charge in [0, 0.05) is 88.4 Å². The Balaban J connectivity index is 0.00000580. The second-order valence-corrected chi connectivity index (χ2v) is 37.1. The van der Waals surface area contributed by atoms with Gasteiger partial charge in [0.05, 0.1) is 50.9 Å². The van der Waals surface area contributed by atoms with E-state index in [-0.39, 0.29) is 86.1 Å². The van der Waals surface area contributed by atoms with E-state index in [9.17, 15) is 10.2 Å². The van der Waals surface area contributed by atoms with Crippen molar-refractivity contribution in [2.24, 2.45) is 0 Å². The molecule has 0 aliphatic rings. The average Bonchev–Trinajstić information content (AvgIpc) is 1.56. The minimum atomic E-state index is -0.397. The first-order valence-electron chi connectivity index (χ1n) is 37.0. The van der Waals surface area contributed by atoms with Crippen LogP contribution in [0, 0.1) is 12.1 Å². The van der Waals surface area contributed by atoms with Gasteiger partial charge in [0.15, 0.2) is 0 Å². The largest absolute Gasteiger partial charge is 0.507 e. The number of para-hydroxylation sites is 2. The Labute approximate surface area is 668 Å². The quantitative estimate of drug-likeness (QED) is 0.127. The normalized spacial score (nSPS) is 12.7. The van der Waals surface area contributed by atoms with Crippen molar-refractivity contribution in [3.8, 4) is 113 Å². The molecule has 108 heavy (non-hydrogen) atoms. The van der Waals surface area contributed by atoms with E-state index >= 15 is 0 Å². The van der Waals surface area contributed by atoms with Crippen LogP contribution in [-0.4, -0.2) is 59.2 Å². The molecule has 14 heteroatoms. The summed E-state index contributed by atoms with van der Waals surface area (Å²) in [6.07, 6.45) is 8.25. The third kappa shape index (κ3) is 15.9. The zero-order valence-corrected chi connectivity index (χ0v) is 71.7. The molecule has 13 rings (SSSR count). The average molecular weight is 1790 g/mol. The molecule has 0 radical (unpaired) electrons. The summed E-state index contributed by atoms with van der Waals surface area (Å²) < 4.78 is 4.50. The van der Waals surface area contributed by atoms with E-state index in [0.717, 1.165) is 89.1 Å². The smallest absolute Gasteiger partial charge is 0.148 e. The molecular formula is C94H102N10O2Pt2-2. The molecule has 0 saturated heterocycles. The monoisotopic (exact) mass is 1790 g/mol. The Kier molecular flexibility index (Phi) is 21.3. The van der Waals surface area contributed by atoms with Gasteiger partial charge < -0.3 is 10.2 Å². The van der Waals surface area contributed by atoms with Gasteiger partial charge in [-0.15, -0.1) is 47.5 Å². The van der Waals surface area contributed by atoms with Crippen LogP contribution in [0.1, 0.15) is 211 Å². The maximum Gasteiger partial charge on any atom is 0.148 e. The summed E-state index contributed by atoms with van der Waals surface area (Å²) in [5.74, 6) is 1.66. The standard InChI is InChI=1S/C94H102N10O2.2Pt/c1-87(2,3)61-41-62(88(4,5)6)44-67(43-61)103-79-29-25-27-69(81(79)101-85(103)71-47-65(91(13,14)15)49-73(83(71)105)93(19,20)21)55-35-57(75-31-33-95-52-97-75)39-59(37-55)77-51-78(100-54-99-77)60-38-56(36-58(40-60)76-32-34-96-53-98-76)70-28-26-30-80-82(70)102-86(72-48-66(92(16,17)18)50-74(84(72)106)94(22,23)24)104(80)68-45-63(89(7,8)9)42-64(46-68)90(10,11)12;;/h25-36,39-54,105-106H,1-24H3;;/q-2;;. The van der Waals surface area contributed by atoms with Crippen molar-refractivity contribution < 1.29 is 52.3 Å². The van der Waals surface area contributed by atoms with Crippen molar-refractivity contribution in [3.05, 3.63) is 228 Å². The van der Waals surface area contributed by atoms with Crippen LogP contribution in [0.15, 0.2) is 171 Å². The van der Waals surface area contributed by atoms with Gasteiger partial charge in [-0.3, -0.25) is 19.1 Å². The van der Waals surface area contributed by atoms with E-state index in [1.165, 1.54) is 22.3 Å². The van der Waals surface area contributed by atoms with Crippen LogP contribution in [-0.2, 0) is 85.5 Å². The number of hydrogen-bond acceptors (Lipinski definition) is 10. The number of benzene rings is 8. The number of aromatic hydroxyl groups is 2. The minimum Gasteiger partial charge on any atom is -0.507 e. The van der Waals surface area contributed by atoms with Crippen LogP contribution in [0.3, 0.4) is 0 Å². The van der Waals surface area contributed by atoms with Crippen molar-refractivity contribution in [1.82, 2.24) is 49.0 Å². The van der Waals surface area contributed by atoms with Crippen molar-refractivity contribution >= 4 is 22.1 Å². The Bertz CT molecular complexity index is 5170. The number of aromatic nitrogens is 10. The van der Waals surface area contributed by atoms with Gasteiger partial charge in [0.2, 0.25) is 0 Å². The Hall–Kier alpha value is -9.08. The van der Waals surface area contributed by atoms with Gasteiger partial charge in [-0.05, 0) is 137 Å². The van der Waals surface area contributed by atoms with Gasteiger partial charge >= 0.3 is 0 Å². The number of fused-ring (bicyclic) bond motifs is 2. The van der Waals surface area contributed by atoms with Gasteiger partial charge in [-0.1, -0.05) is 254 Å². The molecule has 8 aromatic carbocycles. The summed E-state index contributed by atoms with van der Waals surface area (Å²) in [5, 5.41) is 25.7. The molecular weight excluding hydrogens is 1690 g/mol. The Morgan fingerprint density at radius 3 is 0.926 bits per heavy atom. The zero-order valence-electron chi connectivity index (χ0n) is 67.2. The third-order valence-electron chi connectivity index (χ3n) is 20.5. The Morgan fingerprint density at radius 1 is 0.306 bits per heavy atom. The molecule has 5 heterocycles. The van der Waals surface area contributed by atoms with E-state index in [0.29, 0.717) is 56.7 Å². The van der Waals surface area contributed by atoms with Crippen LogP contribution >= 0.6 is 0 Å². The molecule has 0 aliphatic heterocycles. The van der Waals surface area contributed by atoms with E-state index in [4.69, 9.17) is 29.9 Å². The molecule has 0 atom stereocenters. The SMILES string of the molecule is CC(C)(C)c1cc(-n2c(-c3cc(C(C)(C)C)cc(C(C)(C)C)c3O)nc3c(-c4[c-]c(-c5cc(-c6[c-]c(-c7cccc8c7nc(-c7cc(C(C)(C)C)cc(C(C)(C)C)c7O)n8-c7cc(C(C)(C)C)cc(C(C)(C)C)c7)cc(-c7ccncn7)c6)ncn5)cc(-c5ccncn5)c4)cccc32)cc(C(C)(C)C)c1.[Pt].[Pt]. The number of hydrogen-bond donors (Lipinski definition) is 2. The number of rotatable bonds is 10. The maximum absolute atomic E-state index is 12.8. The molecule has 0 fully saturated rings. The van der Waals surface area contributed by atoms with Crippen LogP contribution in [0.2, 0.25) is 0 Å². The van der Waals surface area contributed by atoms with Crippen molar-refractivity contribution in [2.45, 2.75) is 209 Å². The first-order valence-corrected chi connectivity index (χ1v) is 37.0. The van der Waals surface area contributed by atoms with Gasteiger partial charge in [0.1, 0.15) is 35.8 Å². The van der Waals surface area contributed by atoms with Gasteiger partial charge in [-0.2, -0.15) is 0 Å². The molecule has 0 unspecified atom stereocenters. The molecule has 12 nitrogen and oxygen atoms in total. The zero-order chi connectivity index (χ0) is 76.5. The maximum atomic E-state index is 12.8. The van der Waals surface area contributed by atoms with E-state index in [2.05, 4.69) is 319 Å². The second-order valence-electron chi connectivity index (χ2n) is 37.1. The van der Waals surface area contributed by atoms with Crippen molar-refractivity contribution in [1.29, 1.82) is 0 Å². The van der Waals surface area contributed by atoms with Crippen LogP contribution in [0.4, 0.5) is 0 Å². The summed E-state index contributed by atoms with van der Waals surface area (Å²) in [6.45, 7) is 53.4. The van der Waals surface area contributed by atoms with Crippen LogP contribution < -0.4 is 0 Å². The summed E-state index contributed by atoms with van der Waals surface area (Å²) in [7, 11) is 0. The molecule has 562 valence electrons. The van der Waals surface area contributed by atoms with Crippen molar-refractivity contribution in [2.75, 3.05) is 0 Å². The van der Waals surface area contributed by atoms with E-state index < -0.39 is 10.8 Å². The predicted molar refractivity (Wildman–Crippen MR) is 437 cm³/mol. The molecule has 0 amide bonds. The van der Waals surface area contributed by atoms with E-state index in [1.807, 2.05) is 18.2 Å². The second kappa shape index (κ2) is 28.7. The third-order valence-corrected chi connectivity index (χ3v) is 20.5. The molecule has 0 saturated carbocycles. The molecule has 13 aromatic rings. The van der Waals surface area contributed by atoms with Crippen LogP contribution in [0.5, 0.6) is 11.5 Å². The fourth-order valence-corrected chi connectivity index (χ4v) is 13.9. The first kappa shape index (κ1) is 79.9. The number of nitrogens with zero attached hydrogens (tertiary/aromatic N) is 10. The van der Waals surface area contributed by atoms with Crippen molar-refractivity contribution in [3.63, 3.8) is 0 Å². The first-order chi connectivity index (χ1) is 49.4. The Morgan fingerprint density at radius 2 is 0.620 bits per heavy atom. The predicted octanol–water partition coefficient (Wildman–Crippen LogP) is 23.5. The minimum absolute atomic E-state index is 0. The molecule has 0 spiro atoms.